The monoisotopic (exact) mass is 438 g/mol. The zero-order valence-electron chi connectivity index (χ0n) is 20.3. The van der Waals surface area contributed by atoms with Crippen LogP contribution in [0.3, 0.4) is 0 Å². The molecule has 2 heterocycles. The molecule has 1 unspecified atom stereocenters. The number of hydrogen-bond acceptors (Lipinski definition) is 3. The fraction of sp³-hybridized carbons (Fsp3) is 0.556. The molecule has 1 aliphatic heterocycles. The number of nitrogens with one attached hydrogen (secondary N) is 3. The molecule has 2 aromatic rings. The summed E-state index contributed by atoms with van der Waals surface area (Å²) in [4.78, 5) is 18.8. The lowest BCUT2D eigenvalue weighted by molar-refractivity contribution is -0.109. The van der Waals surface area contributed by atoms with E-state index in [1.807, 2.05) is 19.9 Å². The van der Waals surface area contributed by atoms with E-state index in [4.69, 9.17) is 4.98 Å². The zero-order valence-corrected chi connectivity index (χ0v) is 20.3. The van der Waals surface area contributed by atoms with Crippen LogP contribution in [0, 0.1) is 11.8 Å². The van der Waals surface area contributed by atoms with Gasteiger partial charge >= 0.3 is 0 Å². The second kappa shape index (κ2) is 14.6. The molecule has 0 bridgehead atoms. The molecule has 32 heavy (non-hydrogen) atoms. The van der Waals surface area contributed by atoms with Crippen LogP contribution in [0.1, 0.15) is 69.8 Å². The minimum absolute atomic E-state index is 0.663. The van der Waals surface area contributed by atoms with E-state index in [1.54, 1.807) is 0 Å². The molecule has 1 fully saturated rings. The van der Waals surface area contributed by atoms with Gasteiger partial charge in [-0.1, -0.05) is 58.0 Å². The number of benzene rings is 1. The van der Waals surface area contributed by atoms with Crippen LogP contribution >= 0.6 is 0 Å². The molecular weight excluding hydrogens is 396 g/mol. The molecule has 0 spiro atoms. The summed E-state index contributed by atoms with van der Waals surface area (Å²) in [6.07, 6.45) is 10.5. The SMILES string of the molecule is C=Cc1nc(-c2ccc(CCC(CCNC=O)C3CCNCC3)cc2)[nH]c1CCC.CC. The first-order valence-electron chi connectivity index (χ1n) is 12.4. The van der Waals surface area contributed by atoms with Gasteiger partial charge in [0.05, 0.1) is 5.69 Å². The van der Waals surface area contributed by atoms with Crippen molar-refractivity contribution in [2.75, 3.05) is 19.6 Å². The molecule has 1 aromatic carbocycles. The minimum Gasteiger partial charge on any atom is -0.359 e. The Balaban J connectivity index is 0.00000176. The van der Waals surface area contributed by atoms with Gasteiger partial charge in [-0.25, -0.2) is 4.98 Å². The third-order valence-electron chi connectivity index (χ3n) is 6.33. The number of aromatic amines is 1. The van der Waals surface area contributed by atoms with Crippen molar-refractivity contribution in [3.05, 3.63) is 47.8 Å². The summed E-state index contributed by atoms with van der Waals surface area (Å²) < 4.78 is 0. The first kappa shape index (κ1) is 25.9. The fourth-order valence-electron chi connectivity index (χ4n) is 4.61. The summed E-state index contributed by atoms with van der Waals surface area (Å²) >= 11 is 0. The van der Waals surface area contributed by atoms with Gasteiger partial charge in [-0.15, -0.1) is 0 Å². The van der Waals surface area contributed by atoms with Gasteiger partial charge in [-0.05, 0) is 75.1 Å². The molecule has 0 aliphatic carbocycles. The number of carbonyl (C=O) groups is 1. The number of nitrogens with zero attached hydrogens (tertiary/aromatic N) is 1. The van der Waals surface area contributed by atoms with Crippen molar-refractivity contribution >= 4 is 12.5 Å². The van der Waals surface area contributed by atoms with E-state index in [2.05, 4.69) is 53.4 Å². The maximum atomic E-state index is 10.6. The topological polar surface area (TPSA) is 69.8 Å². The van der Waals surface area contributed by atoms with Crippen LogP contribution < -0.4 is 10.6 Å². The van der Waals surface area contributed by atoms with Crippen LogP contribution in [0.25, 0.3) is 17.5 Å². The summed E-state index contributed by atoms with van der Waals surface area (Å²) in [6, 6.07) is 8.80. The first-order valence-corrected chi connectivity index (χ1v) is 12.4. The van der Waals surface area contributed by atoms with Gasteiger partial charge in [0, 0.05) is 17.8 Å². The normalized spacial score (nSPS) is 14.8. The molecule has 1 aromatic heterocycles. The van der Waals surface area contributed by atoms with E-state index in [0.717, 1.165) is 74.7 Å². The standard InChI is InChI=1S/C25H36N4O.C2H6/c1-3-5-24-23(4-2)28-25(29-24)22-10-7-19(8-11-22)6-9-20(14-17-27-18-30)21-12-15-26-16-13-21;1-2/h4,7-8,10-11,18,20-21,26H,2-3,5-6,9,12-17H2,1H3,(H,27,30)(H,28,29);1-2H3. The Morgan fingerprint density at radius 1 is 1.16 bits per heavy atom. The van der Waals surface area contributed by atoms with Gasteiger partial charge in [0.2, 0.25) is 6.41 Å². The molecule has 1 saturated heterocycles. The molecule has 1 atom stereocenters. The highest BCUT2D eigenvalue weighted by Gasteiger charge is 2.23. The van der Waals surface area contributed by atoms with Crippen LogP contribution in [0.5, 0.6) is 0 Å². The molecule has 3 rings (SSSR count). The summed E-state index contributed by atoms with van der Waals surface area (Å²) in [7, 11) is 0. The molecular formula is C27H42N4O. The average Bonchev–Trinajstić information content (AvgIpc) is 3.26. The third kappa shape index (κ3) is 7.63. The molecule has 3 N–H and O–H groups in total. The van der Waals surface area contributed by atoms with Gasteiger partial charge < -0.3 is 15.6 Å². The highest BCUT2D eigenvalue weighted by molar-refractivity contribution is 5.60. The van der Waals surface area contributed by atoms with Crippen molar-refractivity contribution in [2.45, 2.75) is 65.7 Å². The second-order valence-electron chi connectivity index (χ2n) is 8.35. The third-order valence-corrected chi connectivity index (χ3v) is 6.33. The van der Waals surface area contributed by atoms with Gasteiger partial charge in [0.25, 0.3) is 0 Å². The van der Waals surface area contributed by atoms with Gasteiger partial charge in [0.1, 0.15) is 5.82 Å². The van der Waals surface area contributed by atoms with E-state index >= 15 is 0 Å². The van der Waals surface area contributed by atoms with E-state index < -0.39 is 0 Å². The number of imidazole rings is 1. The number of rotatable bonds is 12. The Labute approximate surface area is 194 Å². The molecule has 0 radical (unpaired) electrons. The van der Waals surface area contributed by atoms with Crippen LogP contribution in [-0.4, -0.2) is 36.0 Å². The molecule has 0 saturated carbocycles. The maximum Gasteiger partial charge on any atom is 0.207 e. The number of hydrogen-bond donors (Lipinski definition) is 3. The molecule has 1 amide bonds. The highest BCUT2D eigenvalue weighted by Crippen LogP contribution is 2.29. The summed E-state index contributed by atoms with van der Waals surface area (Å²) in [5, 5.41) is 6.31. The maximum absolute atomic E-state index is 10.6. The number of carbonyl (C=O) groups excluding carboxylic acids is 1. The number of aromatic nitrogens is 2. The summed E-state index contributed by atoms with van der Waals surface area (Å²) in [5.74, 6) is 2.35. The van der Waals surface area contributed by atoms with E-state index in [1.165, 1.54) is 30.5 Å². The van der Waals surface area contributed by atoms with Crippen molar-refractivity contribution in [1.29, 1.82) is 0 Å². The van der Waals surface area contributed by atoms with Crippen molar-refractivity contribution in [3.63, 3.8) is 0 Å². The molecule has 176 valence electrons. The first-order chi connectivity index (χ1) is 15.7. The number of H-pyrrole nitrogens is 1. The van der Waals surface area contributed by atoms with E-state index in [-0.39, 0.29) is 0 Å². The Morgan fingerprint density at radius 3 is 2.50 bits per heavy atom. The van der Waals surface area contributed by atoms with Crippen molar-refractivity contribution in [3.8, 4) is 11.4 Å². The van der Waals surface area contributed by atoms with Crippen molar-refractivity contribution < 1.29 is 4.79 Å². The average molecular weight is 439 g/mol. The van der Waals surface area contributed by atoms with Gasteiger partial charge in [-0.3, -0.25) is 4.79 Å². The quantitative estimate of drug-likeness (QED) is 0.308. The number of aryl methyl sites for hydroxylation is 2. The summed E-state index contributed by atoms with van der Waals surface area (Å²) in [5.41, 5.74) is 4.62. The molecule has 1 aliphatic rings. The van der Waals surface area contributed by atoms with Crippen LogP contribution in [0.4, 0.5) is 0 Å². The Morgan fingerprint density at radius 2 is 1.88 bits per heavy atom. The number of piperidine rings is 1. The number of amides is 1. The Kier molecular flexibility index (Phi) is 11.8. The Hall–Kier alpha value is -2.40. The lowest BCUT2D eigenvalue weighted by Crippen LogP contribution is -2.33. The predicted molar refractivity (Wildman–Crippen MR) is 136 cm³/mol. The zero-order chi connectivity index (χ0) is 23.2. The van der Waals surface area contributed by atoms with Gasteiger partial charge in [-0.2, -0.15) is 0 Å². The molecule has 5 heteroatoms. The smallest absolute Gasteiger partial charge is 0.207 e. The van der Waals surface area contributed by atoms with Crippen molar-refractivity contribution in [1.82, 2.24) is 20.6 Å². The Bertz CT molecular complexity index is 790. The minimum atomic E-state index is 0.663. The largest absolute Gasteiger partial charge is 0.359 e. The highest BCUT2D eigenvalue weighted by atomic mass is 16.1. The lowest BCUT2D eigenvalue weighted by Gasteiger charge is -2.31. The van der Waals surface area contributed by atoms with Crippen LogP contribution in [0.2, 0.25) is 0 Å². The van der Waals surface area contributed by atoms with E-state index in [9.17, 15) is 4.79 Å². The second-order valence-corrected chi connectivity index (χ2v) is 8.35. The summed E-state index contributed by atoms with van der Waals surface area (Å²) in [6.45, 7) is 13.1. The molecule has 5 nitrogen and oxygen atoms in total. The van der Waals surface area contributed by atoms with Crippen LogP contribution in [-0.2, 0) is 17.6 Å². The lowest BCUT2D eigenvalue weighted by atomic mass is 9.79. The van der Waals surface area contributed by atoms with E-state index in [0.29, 0.717) is 5.92 Å². The van der Waals surface area contributed by atoms with Crippen molar-refractivity contribution in [2.24, 2.45) is 11.8 Å². The predicted octanol–water partition coefficient (Wildman–Crippen LogP) is 5.38. The van der Waals surface area contributed by atoms with Gasteiger partial charge in [0.15, 0.2) is 0 Å². The fourth-order valence-corrected chi connectivity index (χ4v) is 4.61. The van der Waals surface area contributed by atoms with Crippen LogP contribution in [0.15, 0.2) is 30.8 Å².